The molecule has 0 radical (unpaired) electrons. The minimum atomic E-state index is -4.55. The lowest BCUT2D eigenvalue weighted by atomic mass is 9.64. The molecule has 0 saturated heterocycles. The molecular formula is C38H32F5N2O6S2+. The van der Waals surface area contributed by atoms with Crippen LogP contribution in [0.25, 0.3) is 5.57 Å². The van der Waals surface area contributed by atoms with E-state index in [0.717, 1.165) is 0 Å². The fourth-order valence-electron chi connectivity index (χ4n) is 6.76. The molecule has 2 aliphatic carbocycles. The van der Waals surface area contributed by atoms with E-state index in [9.17, 15) is 39.1 Å². The lowest BCUT2D eigenvalue weighted by molar-refractivity contribution is -0.512. The molecular weight excluding hydrogens is 740 g/mol. The number of hydrogen-bond donors (Lipinski definition) is 2. The molecule has 4 aromatic rings. The van der Waals surface area contributed by atoms with E-state index in [4.69, 9.17) is 0 Å². The van der Waals surface area contributed by atoms with Gasteiger partial charge in [-0.2, -0.15) is 16.8 Å². The van der Waals surface area contributed by atoms with E-state index in [1.165, 1.54) is 48.5 Å². The zero-order valence-electron chi connectivity index (χ0n) is 28.6. The number of allylic oxidation sites excluding steroid dienone is 5. The fraction of sp³-hybridized carbons (Fsp3) is 0.184. The van der Waals surface area contributed by atoms with Crippen molar-refractivity contribution in [3.63, 3.8) is 0 Å². The van der Waals surface area contributed by atoms with Crippen molar-refractivity contribution < 1.29 is 52.5 Å². The lowest BCUT2D eigenvalue weighted by Gasteiger charge is -2.39. The molecule has 0 aliphatic heterocycles. The second kappa shape index (κ2) is 13.5. The minimum Gasteiger partial charge on any atom is -0.370 e. The van der Waals surface area contributed by atoms with Gasteiger partial charge in [0.05, 0.1) is 15.4 Å². The van der Waals surface area contributed by atoms with Crippen molar-refractivity contribution in [2.45, 2.75) is 42.1 Å². The zero-order valence-corrected chi connectivity index (χ0v) is 30.3. The monoisotopic (exact) mass is 771 g/mol. The molecule has 53 heavy (non-hydrogen) atoms. The Bertz CT molecular complexity index is 2530. The molecule has 4 aromatic carbocycles. The smallest absolute Gasteiger partial charge is 0.294 e. The number of benzene rings is 4. The van der Waals surface area contributed by atoms with Crippen molar-refractivity contribution in [2.75, 3.05) is 19.0 Å². The van der Waals surface area contributed by atoms with Gasteiger partial charge in [0.1, 0.15) is 7.05 Å². The highest BCUT2D eigenvalue weighted by Gasteiger charge is 2.41. The Morgan fingerprint density at radius 2 is 1.38 bits per heavy atom. The van der Waals surface area contributed by atoms with Gasteiger partial charge in [-0.05, 0) is 64.2 Å². The summed E-state index contributed by atoms with van der Waals surface area (Å²) in [5.41, 5.74) is 1.22. The van der Waals surface area contributed by atoms with Gasteiger partial charge in [-0.3, -0.25) is 9.11 Å². The highest BCUT2D eigenvalue weighted by Crippen LogP contribution is 2.51. The molecule has 0 spiro atoms. The maximum absolute atomic E-state index is 15.6. The van der Waals surface area contributed by atoms with E-state index in [0.29, 0.717) is 28.1 Å². The molecule has 2 aliphatic rings. The van der Waals surface area contributed by atoms with Crippen LogP contribution in [-0.2, 0) is 38.7 Å². The Morgan fingerprint density at radius 1 is 0.774 bits per heavy atom. The van der Waals surface area contributed by atoms with Gasteiger partial charge in [-0.1, -0.05) is 50.2 Å². The Morgan fingerprint density at radius 3 is 1.98 bits per heavy atom. The minimum absolute atomic E-state index is 0.0140. The van der Waals surface area contributed by atoms with E-state index in [2.05, 4.69) is 0 Å². The van der Waals surface area contributed by atoms with Gasteiger partial charge in [-0.25, -0.2) is 26.5 Å². The van der Waals surface area contributed by atoms with Crippen LogP contribution in [0, 0.1) is 29.1 Å². The number of nitrogens with zero attached hydrogens (tertiary/aromatic N) is 2. The van der Waals surface area contributed by atoms with Gasteiger partial charge in [0, 0.05) is 48.0 Å². The molecule has 0 fully saturated rings. The Kier molecular flexibility index (Phi) is 9.60. The van der Waals surface area contributed by atoms with Crippen LogP contribution in [0.1, 0.15) is 41.7 Å². The first kappa shape index (κ1) is 37.8. The summed E-state index contributed by atoms with van der Waals surface area (Å²) in [6.45, 7) is 3.96. The van der Waals surface area contributed by atoms with E-state index >= 15 is 8.78 Å². The molecule has 0 unspecified atom stereocenters. The Balaban J connectivity index is 1.53. The summed E-state index contributed by atoms with van der Waals surface area (Å²) in [6.07, 6.45) is 4.93. The van der Waals surface area contributed by atoms with Crippen molar-refractivity contribution >= 4 is 37.2 Å². The van der Waals surface area contributed by atoms with Crippen molar-refractivity contribution in [1.29, 1.82) is 0 Å². The van der Waals surface area contributed by atoms with Crippen molar-refractivity contribution in [3.05, 3.63) is 153 Å². The van der Waals surface area contributed by atoms with Crippen LogP contribution in [0.4, 0.5) is 27.6 Å². The topological polar surface area (TPSA) is 115 Å². The third kappa shape index (κ3) is 6.85. The van der Waals surface area contributed by atoms with E-state index in [1.54, 1.807) is 55.4 Å². The molecule has 6 rings (SSSR count). The summed E-state index contributed by atoms with van der Waals surface area (Å²) in [6, 6.07) is 16.2. The average Bonchev–Trinajstić information content (AvgIpc) is 3.10. The number of hydrogen-bond acceptors (Lipinski definition) is 5. The van der Waals surface area contributed by atoms with Gasteiger partial charge in [-0.15, -0.1) is 0 Å². The van der Waals surface area contributed by atoms with Gasteiger partial charge < -0.3 is 4.90 Å². The van der Waals surface area contributed by atoms with Gasteiger partial charge >= 0.3 is 0 Å². The normalized spacial score (nSPS) is 16.2. The SMILES string of the molecule is CN(Cc1ccccc1S(=O)(=O)O)c1ccc2c(c1)C(C)(C)C1=CC(=[N+](C)Cc3ccc(S(=O)(=O)O)cc3)C=CC1=C2c1c(F)c(F)c(F)c(F)c1F. The highest BCUT2D eigenvalue weighted by atomic mass is 32.2. The maximum Gasteiger partial charge on any atom is 0.294 e. The van der Waals surface area contributed by atoms with Gasteiger partial charge in [0.2, 0.25) is 5.82 Å². The molecule has 0 amide bonds. The zero-order chi connectivity index (χ0) is 38.8. The summed E-state index contributed by atoms with van der Waals surface area (Å²) in [5, 5.41) is 0. The summed E-state index contributed by atoms with van der Waals surface area (Å²) in [5.74, 6) is -10.5. The predicted octanol–water partition coefficient (Wildman–Crippen LogP) is 7.38. The van der Waals surface area contributed by atoms with Crippen molar-refractivity contribution in [3.8, 4) is 0 Å². The van der Waals surface area contributed by atoms with Crippen molar-refractivity contribution in [2.24, 2.45) is 0 Å². The third-order valence-electron chi connectivity index (χ3n) is 9.53. The van der Waals surface area contributed by atoms with Crippen LogP contribution in [0.2, 0.25) is 0 Å². The number of halogens is 5. The highest BCUT2D eigenvalue weighted by molar-refractivity contribution is 7.86. The molecule has 0 saturated carbocycles. The largest absolute Gasteiger partial charge is 0.370 e. The van der Waals surface area contributed by atoms with E-state index in [-0.39, 0.29) is 45.2 Å². The lowest BCUT2D eigenvalue weighted by Crippen LogP contribution is -2.31. The van der Waals surface area contributed by atoms with E-state index < -0.39 is 60.3 Å². The van der Waals surface area contributed by atoms with Crippen LogP contribution in [0.3, 0.4) is 0 Å². The standard InChI is InChI=1S/C38H31F5N2O6S2/c1-38(2)28-17-23(44(3)19-21-9-13-25(14-10-21)52(46,47)48)11-15-26(28)31(32-33(39)35(41)37(43)36(42)34(32)40)27-16-12-24(18-29(27)38)45(4)20-22-7-5-6-8-30(22)53(49,50)51/h5-18H,19-20H2,1-4H3,(H-,46,47,48,49,50,51)/p+1. The van der Waals surface area contributed by atoms with E-state index in [1.807, 2.05) is 18.4 Å². The molecule has 15 heteroatoms. The summed E-state index contributed by atoms with van der Waals surface area (Å²) < 4.78 is 143. The summed E-state index contributed by atoms with van der Waals surface area (Å²) in [4.78, 5) is 1.12. The maximum atomic E-state index is 15.6. The molecule has 0 aromatic heterocycles. The van der Waals surface area contributed by atoms with Crippen molar-refractivity contribution in [1.82, 2.24) is 0 Å². The van der Waals surface area contributed by atoms with Gasteiger partial charge in [0.15, 0.2) is 35.5 Å². The molecule has 0 heterocycles. The second-order valence-electron chi connectivity index (χ2n) is 13.3. The van der Waals surface area contributed by atoms with Crippen LogP contribution in [-0.4, -0.2) is 50.3 Å². The molecule has 2 N–H and O–H groups in total. The van der Waals surface area contributed by atoms with Crippen LogP contribution in [0.5, 0.6) is 0 Å². The third-order valence-corrected chi connectivity index (χ3v) is 11.4. The van der Waals surface area contributed by atoms with Gasteiger partial charge in [0.25, 0.3) is 20.2 Å². The number of rotatable bonds is 8. The van der Waals surface area contributed by atoms with Crippen LogP contribution < -0.4 is 4.90 Å². The number of anilines is 1. The number of fused-ring (bicyclic) bond motifs is 2. The molecule has 0 atom stereocenters. The fourth-order valence-corrected chi connectivity index (χ4v) is 7.95. The first-order valence-electron chi connectivity index (χ1n) is 15.9. The van der Waals surface area contributed by atoms with Crippen LogP contribution >= 0.6 is 0 Å². The Labute approximate surface area is 303 Å². The molecule has 276 valence electrons. The molecule has 0 bridgehead atoms. The Hall–Kier alpha value is -4.96. The second-order valence-corrected chi connectivity index (χ2v) is 16.1. The summed E-state index contributed by atoms with van der Waals surface area (Å²) in [7, 11) is -5.54. The average molecular weight is 772 g/mol. The quantitative estimate of drug-likeness (QED) is 0.0632. The first-order valence-corrected chi connectivity index (χ1v) is 18.8. The predicted molar refractivity (Wildman–Crippen MR) is 188 cm³/mol. The first-order chi connectivity index (χ1) is 24.7. The summed E-state index contributed by atoms with van der Waals surface area (Å²) >= 11 is 0. The molecule has 8 nitrogen and oxygen atoms in total. The van der Waals surface area contributed by atoms with Crippen LogP contribution in [0.15, 0.2) is 106 Å².